The van der Waals surface area contributed by atoms with Crippen LogP contribution in [0.3, 0.4) is 0 Å². The summed E-state index contributed by atoms with van der Waals surface area (Å²) >= 11 is 5.90. The third kappa shape index (κ3) is 4.66. The number of aromatic nitrogens is 1. The van der Waals surface area contributed by atoms with E-state index in [2.05, 4.69) is 10.3 Å². The van der Waals surface area contributed by atoms with E-state index in [1.54, 1.807) is 23.2 Å². The zero-order valence-electron chi connectivity index (χ0n) is 15.7. The molecule has 0 saturated carbocycles. The summed E-state index contributed by atoms with van der Waals surface area (Å²) in [6.07, 6.45) is 3.79. The number of nitrogens with one attached hydrogen (secondary N) is 1. The quantitative estimate of drug-likeness (QED) is 0.640. The molecule has 7 heteroatoms. The van der Waals surface area contributed by atoms with Gasteiger partial charge >= 0.3 is 0 Å². The van der Waals surface area contributed by atoms with E-state index in [0.29, 0.717) is 35.2 Å². The lowest BCUT2D eigenvalue weighted by atomic mass is 10.2. The highest BCUT2D eigenvalue weighted by Gasteiger charge is 2.21. The van der Waals surface area contributed by atoms with Crippen molar-refractivity contribution in [1.29, 1.82) is 0 Å². The van der Waals surface area contributed by atoms with Crippen LogP contribution in [0.1, 0.15) is 25.2 Å². The molecule has 1 aliphatic heterocycles. The van der Waals surface area contributed by atoms with E-state index >= 15 is 0 Å². The minimum Gasteiger partial charge on any atom is -0.441 e. The molecule has 0 spiro atoms. The minimum atomic E-state index is -0.124. The Balaban J connectivity index is 1.30. The number of oxazole rings is 1. The summed E-state index contributed by atoms with van der Waals surface area (Å²) in [5.41, 5.74) is 2.44. The Labute approximate surface area is 173 Å². The Morgan fingerprint density at radius 1 is 1.14 bits per heavy atom. The molecule has 29 heavy (non-hydrogen) atoms. The van der Waals surface area contributed by atoms with Crippen LogP contribution in [0.5, 0.6) is 0 Å². The smallest absolute Gasteiger partial charge is 0.227 e. The summed E-state index contributed by atoms with van der Waals surface area (Å²) < 4.78 is 5.72. The Morgan fingerprint density at radius 2 is 1.90 bits per heavy atom. The minimum absolute atomic E-state index is 0.124. The second-order valence-corrected chi connectivity index (χ2v) is 7.31. The predicted molar refractivity (Wildman–Crippen MR) is 112 cm³/mol. The molecule has 2 heterocycles. The normalized spacial score (nSPS) is 13.7. The van der Waals surface area contributed by atoms with Crippen molar-refractivity contribution in [2.45, 2.75) is 25.7 Å². The number of hydrogen-bond donors (Lipinski definition) is 1. The molecule has 0 radical (unpaired) electrons. The molecular weight excluding hydrogens is 390 g/mol. The molecule has 0 atom stereocenters. The molecule has 1 aromatic heterocycles. The van der Waals surface area contributed by atoms with Gasteiger partial charge in [0.25, 0.3) is 0 Å². The van der Waals surface area contributed by atoms with Crippen LogP contribution in [0.2, 0.25) is 5.02 Å². The first-order chi connectivity index (χ1) is 14.1. The van der Waals surface area contributed by atoms with Gasteiger partial charge in [-0.05, 0) is 55.0 Å². The molecule has 1 saturated heterocycles. The van der Waals surface area contributed by atoms with Crippen LogP contribution in [0.15, 0.2) is 59.1 Å². The first-order valence-corrected chi connectivity index (χ1v) is 9.87. The molecule has 0 unspecified atom stereocenters. The van der Waals surface area contributed by atoms with E-state index in [1.165, 1.54) is 0 Å². The van der Waals surface area contributed by atoms with Gasteiger partial charge in [-0.1, -0.05) is 11.6 Å². The standard InChI is InChI=1S/C22H20ClN3O3/c23-16-5-3-15(4-6-16)19-14-24-21(29-19)12-11-20(27)25-17-7-9-18(10-8-17)26-13-1-2-22(26)28/h3-10,14H,1-2,11-13H2,(H,25,27). The highest BCUT2D eigenvalue weighted by molar-refractivity contribution is 6.30. The maximum Gasteiger partial charge on any atom is 0.227 e. The average molecular weight is 410 g/mol. The highest BCUT2D eigenvalue weighted by Crippen LogP contribution is 2.24. The van der Waals surface area contributed by atoms with Crippen LogP contribution < -0.4 is 10.2 Å². The number of rotatable bonds is 6. The van der Waals surface area contributed by atoms with Crippen molar-refractivity contribution in [2.75, 3.05) is 16.8 Å². The zero-order valence-corrected chi connectivity index (χ0v) is 16.5. The van der Waals surface area contributed by atoms with Gasteiger partial charge in [0.05, 0.1) is 6.20 Å². The summed E-state index contributed by atoms with van der Waals surface area (Å²) in [5, 5.41) is 3.52. The molecule has 3 aromatic rings. The fourth-order valence-corrected chi connectivity index (χ4v) is 3.39. The van der Waals surface area contributed by atoms with Crippen LogP contribution in [0.25, 0.3) is 11.3 Å². The molecule has 1 fully saturated rings. The van der Waals surface area contributed by atoms with E-state index in [4.69, 9.17) is 16.0 Å². The molecule has 1 N–H and O–H groups in total. The lowest BCUT2D eigenvalue weighted by molar-refractivity contribution is -0.117. The van der Waals surface area contributed by atoms with Gasteiger partial charge in [0.2, 0.25) is 11.8 Å². The largest absolute Gasteiger partial charge is 0.441 e. The molecule has 2 aromatic carbocycles. The number of nitrogens with zero attached hydrogens (tertiary/aromatic N) is 2. The fourth-order valence-electron chi connectivity index (χ4n) is 3.26. The Kier molecular flexibility index (Phi) is 5.62. The number of hydrogen-bond acceptors (Lipinski definition) is 4. The summed E-state index contributed by atoms with van der Waals surface area (Å²) in [5.74, 6) is 1.17. The summed E-state index contributed by atoms with van der Waals surface area (Å²) in [7, 11) is 0. The number of benzene rings is 2. The van der Waals surface area contributed by atoms with Gasteiger partial charge in [0.1, 0.15) is 0 Å². The predicted octanol–water partition coefficient (Wildman–Crippen LogP) is 4.69. The number of amides is 2. The lowest BCUT2D eigenvalue weighted by Crippen LogP contribution is -2.23. The number of aryl methyl sites for hydroxylation is 1. The van der Waals surface area contributed by atoms with Crippen LogP contribution in [-0.4, -0.2) is 23.3 Å². The molecule has 148 valence electrons. The van der Waals surface area contributed by atoms with Gasteiger partial charge in [0.15, 0.2) is 11.7 Å². The number of halogens is 1. The molecule has 4 rings (SSSR count). The molecule has 0 bridgehead atoms. The van der Waals surface area contributed by atoms with E-state index in [1.807, 2.05) is 36.4 Å². The average Bonchev–Trinajstić information content (AvgIpc) is 3.37. The second-order valence-electron chi connectivity index (χ2n) is 6.87. The Bertz CT molecular complexity index is 1010. The van der Waals surface area contributed by atoms with Crippen LogP contribution in [0, 0.1) is 0 Å². The third-order valence-corrected chi connectivity index (χ3v) is 5.04. The SMILES string of the molecule is O=C(CCc1ncc(-c2ccc(Cl)cc2)o1)Nc1ccc(N2CCCC2=O)cc1. The lowest BCUT2D eigenvalue weighted by Gasteiger charge is -2.16. The van der Waals surface area contributed by atoms with Crippen LogP contribution in [0.4, 0.5) is 11.4 Å². The van der Waals surface area contributed by atoms with Gasteiger partial charge in [-0.15, -0.1) is 0 Å². The number of carbonyl (C=O) groups is 2. The van der Waals surface area contributed by atoms with E-state index in [0.717, 1.165) is 24.2 Å². The van der Waals surface area contributed by atoms with Crippen molar-refractivity contribution in [3.05, 3.63) is 65.6 Å². The van der Waals surface area contributed by atoms with E-state index in [9.17, 15) is 9.59 Å². The van der Waals surface area contributed by atoms with Crippen molar-refractivity contribution in [3.63, 3.8) is 0 Å². The van der Waals surface area contributed by atoms with Crippen molar-refractivity contribution in [2.24, 2.45) is 0 Å². The maximum atomic E-state index is 12.2. The van der Waals surface area contributed by atoms with Crippen molar-refractivity contribution in [1.82, 2.24) is 4.98 Å². The van der Waals surface area contributed by atoms with E-state index < -0.39 is 0 Å². The molecule has 0 aliphatic carbocycles. The number of carbonyl (C=O) groups excluding carboxylic acids is 2. The van der Waals surface area contributed by atoms with Crippen molar-refractivity contribution < 1.29 is 14.0 Å². The maximum absolute atomic E-state index is 12.2. The second kappa shape index (κ2) is 8.49. The van der Waals surface area contributed by atoms with Gasteiger partial charge < -0.3 is 14.6 Å². The summed E-state index contributed by atoms with van der Waals surface area (Å²) in [6.45, 7) is 0.749. The van der Waals surface area contributed by atoms with Gasteiger partial charge in [-0.25, -0.2) is 4.98 Å². The van der Waals surface area contributed by atoms with Gasteiger partial charge in [0, 0.05) is 47.8 Å². The first-order valence-electron chi connectivity index (χ1n) is 9.49. The number of anilines is 2. The monoisotopic (exact) mass is 409 g/mol. The topological polar surface area (TPSA) is 75.4 Å². The first kappa shape index (κ1) is 19.2. The van der Waals surface area contributed by atoms with Gasteiger partial charge in [-0.3, -0.25) is 9.59 Å². The van der Waals surface area contributed by atoms with Gasteiger partial charge in [-0.2, -0.15) is 0 Å². The highest BCUT2D eigenvalue weighted by atomic mass is 35.5. The zero-order chi connectivity index (χ0) is 20.2. The fraction of sp³-hybridized carbons (Fsp3) is 0.227. The molecular formula is C22H20ClN3O3. The Hall–Kier alpha value is -3.12. The van der Waals surface area contributed by atoms with Crippen LogP contribution in [-0.2, 0) is 16.0 Å². The van der Waals surface area contributed by atoms with Crippen LogP contribution >= 0.6 is 11.6 Å². The van der Waals surface area contributed by atoms with Crippen molar-refractivity contribution in [3.8, 4) is 11.3 Å². The summed E-state index contributed by atoms with van der Waals surface area (Å²) in [4.78, 5) is 30.0. The third-order valence-electron chi connectivity index (χ3n) is 4.78. The molecule has 2 amide bonds. The molecule has 6 nitrogen and oxygen atoms in total. The van der Waals surface area contributed by atoms with Crippen molar-refractivity contribution >= 4 is 34.8 Å². The summed E-state index contributed by atoms with van der Waals surface area (Å²) in [6, 6.07) is 14.6. The Morgan fingerprint density at radius 3 is 2.59 bits per heavy atom. The van der Waals surface area contributed by atoms with E-state index in [-0.39, 0.29) is 18.2 Å². The molecule has 1 aliphatic rings.